The zero-order valence-corrected chi connectivity index (χ0v) is 19.4. The largest absolute Gasteiger partial charge is 0.381 e. The molecule has 160 valence electrons. The maximum absolute atomic E-state index is 5.75. The summed E-state index contributed by atoms with van der Waals surface area (Å²) >= 11 is 0. The zero-order chi connectivity index (χ0) is 19.9. The summed E-state index contributed by atoms with van der Waals surface area (Å²) in [5.74, 6) is 4.87. The molecule has 4 aliphatic rings. The summed E-state index contributed by atoms with van der Waals surface area (Å²) in [5.41, 5.74) is 2.78. The summed E-state index contributed by atoms with van der Waals surface area (Å²) in [4.78, 5) is 0. The maximum Gasteiger partial charge on any atom is 0.0608 e. The van der Waals surface area contributed by atoms with Crippen LogP contribution in [0.2, 0.25) is 0 Å². The Bertz CT molecular complexity index is 577. The Balaban J connectivity index is 1.46. The molecule has 28 heavy (non-hydrogen) atoms. The first kappa shape index (κ1) is 21.0. The van der Waals surface area contributed by atoms with Crippen LogP contribution in [-0.4, -0.2) is 13.2 Å². The molecule has 1 nitrogen and oxygen atoms in total. The lowest BCUT2D eigenvalue weighted by Gasteiger charge is -2.61. The maximum atomic E-state index is 5.75. The first-order valence-electron chi connectivity index (χ1n) is 12.6. The van der Waals surface area contributed by atoms with Crippen molar-refractivity contribution in [3.05, 3.63) is 11.6 Å². The number of unbranched alkanes of at least 4 members (excludes halogenated alkanes) is 1. The first-order valence-corrected chi connectivity index (χ1v) is 12.6. The van der Waals surface area contributed by atoms with Crippen LogP contribution in [-0.2, 0) is 4.74 Å². The summed E-state index contributed by atoms with van der Waals surface area (Å²) in [5, 5.41) is 0. The number of rotatable bonds is 6. The van der Waals surface area contributed by atoms with Crippen LogP contribution in [0.1, 0.15) is 105 Å². The van der Waals surface area contributed by atoms with Gasteiger partial charge < -0.3 is 4.74 Å². The number of ether oxygens (including phenoxy) is 1. The number of hydrogen-bond acceptors (Lipinski definition) is 1. The lowest BCUT2D eigenvalue weighted by atomic mass is 9.44. The van der Waals surface area contributed by atoms with Crippen molar-refractivity contribution in [1.82, 2.24) is 0 Å². The molecule has 0 aromatic heterocycles. The molecule has 4 rings (SSSR count). The number of allylic oxidation sites excluding steroid dienone is 1. The van der Waals surface area contributed by atoms with Crippen LogP contribution in [0.15, 0.2) is 11.6 Å². The van der Waals surface area contributed by atoms with E-state index in [-0.39, 0.29) is 0 Å². The van der Waals surface area contributed by atoms with E-state index >= 15 is 0 Å². The zero-order valence-electron chi connectivity index (χ0n) is 19.4. The van der Waals surface area contributed by atoms with Crippen LogP contribution in [0.4, 0.5) is 0 Å². The van der Waals surface area contributed by atoms with E-state index in [2.05, 4.69) is 33.8 Å². The Kier molecular flexibility index (Phi) is 6.05. The van der Waals surface area contributed by atoms with Crippen LogP contribution in [0.5, 0.6) is 0 Å². The monoisotopic (exact) mass is 386 g/mol. The molecule has 4 aliphatic carbocycles. The Morgan fingerprint density at radius 2 is 1.89 bits per heavy atom. The van der Waals surface area contributed by atoms with Gasteiger partial charge in [0.15, 0.2) is 0 Å². The highest BCUT2D eigenvalue weighted by Gasteiger charge is 2.59. The first-order chi connectivity index (χ1) is 13.4. The van der Waals surface area contributed by atoms with Crippen molar-refractivity contribution in [2.24, 2.45) is 40.4 Å². The van der Waals surface area contributed by atoms with Gasteiger partial charge in [-0.3, -0.25) is 0 Å². The van der Waals surface area contributed by atoms with Gasteiger partial charge in [0.25, 0.3) is 0 Å². The molecule has 0 bridgehead atoms. The molecule has 0 heterocycles. The lowest BCUT2D eigenvalue weighted by molar-refractivity contribution is -0.0776. The van der Waals surface area contributed by atoms with E-state index in [9.17, 15) is 0 Å². The van der Waals surface area contributed by atoms with Crippen molar-refractivity contribution in [1.29, 1.82) is 0 Å². The minimum atomic E-state index is 0.461. The third kappa shape index (κ3) is 3.52. The average Bonchev–Trinajstić information content (AvgIpc) is 3.09. The van der Waals surface area contributed by atoms with Crippen LogP contribution in [0.25, 0.3) is 0 Å². The second-order valence-corrected chi connectivity index (χ2v) is 11.9. The molecule has 0 amide bonds. The van der Waals surface area contributed by atoms with E-state index < -0.39 is 0 Å². The molecule has 7 atom stereocenters. The third-order valence-electron chi connectivity index (χ3n) is 10.1. The van der Waals surface area contributed by atoms with Crippen molar-refractivity contribution in [2.75, 3.05) is 7.11 Å². The molecule has 0 aliphatic heterocycles. The molecule has 0 aromatic carbocycles. The lowest BCUT2D eigenvalue weighted by Crippen LogP contribution is -2.53. The van der Waals surface area contributed by atoms with Crippen molar-refractivity contribution in [2.45, 2.75) is 111 Å². The van der Waals surface area contributed by atoms with Gasteiger partial charge in [-0.15, -0.1) is 0 Å². The predicted octanol–water partition coefficient (Wildman–Crippen LogP) is 7.80. The van der Waals surface area contributed by atoms with Crippen molar-refractivity contribution < 1.29 is 4.74 Å². The van der Waals surface area contributed by atoms with Crippen LogP contribution >= 0.6 is 0 Å². The van der Waals surface area contributed by atoms with Gasteiger partial charge >= 0.3 is 0 Å². The van der Waals surface area contributed by atoms with E-state index in [1.165, 1.54) is 77.0 Å². The topological polar surface area (TPSA) is 9.23 Å². The molecule has 1 heteroatoms. The molecule has 3 fully saturated rings. The van der Waals surface area contributed by atoms with Gasteiger partial charge in [-0.2, -0.15) is 0 Å². The van der Waals surface area contributed by atoms with E-state index in [1.54, 1.807) is 5.57 Å². The van der Waals surface area contributed by atoms with E-state index in [0.29, 0.717) is 16.9 Å². The molecule has 0 spiro atoms. The van der Waals surface area contributed by atoms with Gasteiger partial charge in [0.2, 0.25) is 0 Å². The average molecular weight is 387 g/mol. The molecule has 7 unspecified atom stereocenters. The highest BCUT2D eigenvalue weighted by atomic mass is 16.5. The smallest absolute Gasteiger partial charge is 0.0608 e. The molecule has 3 saturated carbocycles. The number of hydrogen-bond donors (Lipinski definition) is 0. The molecule has 0 saturated heterocycles. The van der Waals surface area contributed by atoms with Gasteiger partial charge in [-0.05, 0) is 91.8 Å². The summed E-state index contributed by atoms with van der Waals surface area (Å²) in [6.45, 7) is 10.1. The van der Waals surface area contributed by atoms with E-state index in [4.69, 9.17) is 4.74 Å². The van der Waals surface area contributed by atoms with Gasteiger partial charge in [0.1, 0.15) is 0 Å². The minimum Gasteiger partial charge on any atom is -0.381 e. The van der Waals surface area contributed by atoms with Crippen LogP contribution < -0.4 is 0 Å². The van der Waals surface area contributed by atoms with Gasteiger partial charge in [0, 0.05) is 7.11 Å². The summed E-state index contributed by atoms with van der Waals surface area (Å²) < 4.78 is 5.75. The number of methoxy groups -OCH3 is 1. The molecular weight excluding hydrogens is 340 g/mol. The molecular formula is C27H46O. The standard InChI is InChI=1S/C27H46O/c1-19(2)8-6-7-9-20-10-12-24-23(20)11-13-25-26(3)17-15-22(28-5)18-21(26)14-16-27(24,25)4/h14,19-20,22-25H,6-13,15-18H2,1-5H3. The fourth-order valence-corrected chi connectivity index (χ4v) is 8.47. The Labute approximate surface area is 175 Å². The highest BCUT2D eigenvalue weighted by Crippen LogP contribution is 2.67. The Morgan fingerprint density at radius 3 is 2.64 bits per heavy atom. The SMILES string of the molecule is COC1CCC2(C)C(=CCC3(C)C4CCC(CCCCC(C)C)C4CCC23)C1. The third-order valence-corrected chi connectivity index (χ3v) is 10.1. The quantitative estimate of drug-likeness (QED) is 0.334. The fraction of sp³-hybridized carbons (Fsp3) is 0.926. The minimum absolute atomic E-state index is 0.461. The van der Waals surface area contributed by atoms with Gasteiger partial charge in [-0.1, -0.05) is 65.0 Å². The molecule has 0 N–H and O–H groups in total. The second kappa shape index (κ2) is 8.09. The van der Waals surface area contributed by atoms with Crippen molar-refractivity contribution >= 4 is 0 Å². The van der Waals surface area contributed by atoms with Crippen LogP contribution in [0, 0.1) is 40.4 Å². The van der Waals surface area contributed by atoms with E-state index in [0.717, 1.165) is 29.6 Å². The summed E-state index contributed by atoms with van der Waals surface area (Å²) in [6.07, 6.45) is 20.3. The Morgan fingerprint density at radius 1 is 1.07 bits per heavy atom. The van der Waals surface area contributed by atoms with Crippen molar-refractivity contribution in [3.63, 3.8) is 0 Å². The van der Waals surface area contributed by atoms with Gasteiger partial charge in [0.05, 0.1) is 6.10 Å². The normalized spacial score (nSPS) is 45.4. The summed E-state index contributed by atoms with van der Waals surface area (Å²) in [6, 6.07) is 0. The summed E-state index contributed by atoms with van der Waals surface area (Å²) in [7, 11) is 1.91. The Hall–Kier alpha value is -0.300. The van der Waals surface area contributed by atoms with Crippen molar-refractivity contribution in [3.8, 4) is 0 Å². The number of fused-ring (bicyclic) bond motifs is 5. The fourth-order valence-electron chi connectivity index (χ4n) is 8.47. The molecule has 0 radical (unpaired) electrons. The molecule has 0 aromatic rings. The second-order valence-electron chi connectivity index (χ2n) is 11.9. The highest BCUT2D eigenvalue weighted by molar-refractivity contribution is 5.27. The van der Waals surface area contributed by atoms with Gasteiger partial charge in [-0.25, -0.2) is 0 Å². The predicted molar refractivity (Wildman–Crippen MR) is 119 cm³/mol. The van der Waals surface area contributed by atoms with E-state index in [1.807, 2.05) is 7.11 Å². The van der Waals surface area contributed by atoms with Crippen LogP contribution in [0.3, 0.4) is 0 Å².